The van der Waals surface area contributed by atoms with Crippen molar-refractivity contribution < 1.29 is 19.4 Å². The fraction of sp³-hybridized carbons (Fsp3) is 0.250. The molecular weight excluding hydrogens is 270 g/mol. The first kappa shape index (κ1) is 14.8. The van der Waals surface area contributed by atoms with E-state index < -0.39 is 5.97 Å². The van der Waals surface area contributed by atoms with Crippen molar-refractivity contribution in [3.63, 3.8) is 0 Å². The highest BCUT2D eigenvalue weighted by Gasteiger charge is 2.17. The summed E-state index contributed by atoms with van der Waals surface area (Å²) < 4.78 is 10.7. The van der Waals surface area contributed by atoms with Crippen LogP contribution in [-0.2, 0) is 6.61 Å². The van der Waals surface area contributed by atoms with Crippen molar-refractivity contribution in [2.24, 2.45) is 0 Å². The van der Waals surface area contributed by atoms with Crippen molar-refractivity contribution >= 4 is 5.97 Å². The van der Waals surface area contributed by atoms with Gasteiger partial charge in [-0.2, -0.15) is 0 Å². The van der Waals surface area contributed by atoms with E-state index in [4.69, 9.17) is 9.47 Å². The van der Waals surface area contributed by atoms with Crippen LogP contribution in [0.15, 0.2) is 30.3 Å². The van der Waals surface area contributed by atoms with E-state index in [0.29, 0.717) is 5.56 Å². The molecule has 110 valence electrons. The monoisotopic (exact) mass is 287 g/mol. The number of pyridine rings is 1. The molecule has 5 nitrogen and oxygen atoms in total. The summed E-state index contributed by atoms with van der Waals surface area (Å²) in [6.07, 6.45) is 0. The van der Waals surface area contributed by atoms with E-state index in [1.807, 2.05) is 24.3 Å². The van der Waals surface area contributed by atoms with Crippen LogP contribution in [0.25, 0.3) is 0 Å². The van der Waals surface area contributed by atoms with Gasteiger partial charge in [-0.05, 0) is 43.2 Å². The van der Waals surface area contributed by atoms with Crippen molar-refractivity contribution in [3.8, 4) is 11.6 Å². The number of hydrogen-bond donors (Lipinski definition) is 1. The van der Waals surface area contributed by atoms with E-state index >= 15 is 0 Å². The molecule has 0 amide bonds. The fourth-order valence-electron chi connectivity index (χ4n) is 2.04. The number of aryl methyl sites for hydroxylation is 2. The number of aromatic nitrogens is 1. The van der Waals surface area contributed by atoms with Gasteiger partial charge in [-0.25, -0.2) is 9.78 Å². The van der Waals surface area contributed by atoms with Crippen molar-refractivity contribution in [1.82, 2.24) is 4.98 Å². The number of nitrogens with zero attached hydrogens (tertiary/aromatic N) is 1. The molecule has 0 spiro atoms. The van der Waals surface area contributed by atoms with E-state index in [2.05, 4.69) is 4.98 Å². The van der Waals surface area contributed by atoms with E-state index in [1.165, 1.54) is 0 Å². The van der Waals surface area contributed by atoms with Crippen LogP contribution in [0, 0.1) is 13.8 Å². The van der Waals surface area contributed by atoms with Crippen LogP contribution >= 0.6 is 0 Å². The van der Waals surface area contributed by atoms with Gasteiger partial charge in [0.15, 0.2) is 0 Å². The Morgan fingerprint density at radius 3 is 2.48 bits per heavy atom. The van der Waals surface area contributed by atoms with Crippen LogP contribution in [0.2, 0.25) is 0 Å². The normalized spacial score (nSPS) is 10.2. The predicted molar refractivity (Wildman–Crippen MR) is 78.0 cm³/mol. The zero-order valence-corrected chi connectivity index (χ0v) is 12.2. The average Bonchev–Trinajstić information content (AvgIpc) is 2.44. The summed E-state index contributed by atoms with van der Waals surface area (Å²) in [5.41, 5.74) is 2.38. The fourth-order valence-corrected chi connectivity index (χ4v) is 2.04. The summed E-state index contributed by atoms with van der Waals surface area (Å²) in [7, 11) is 1.60. The molecule has 2 aromatic rings. The molecule has 0 aliphatic heterocycles. The average molecular weight is 287 g/mol. The third kappa shape index (κ3) is 3.51. The second-order valence-electron chi connectivity index (χ2n) is 4.70. The summed E-state index contributed by atoms with van der Waals surface area (Å²) >= 11 is 0. The molecule has 0 radical (unpaired) electrons. The Balaban J connectivity index is 2.20. The third-order valence-corrected chi connectivity index (χ3v) is 3.06. The molecule has 0 bridgehead atoms. The first-order chi connectivity index (χ1) is 10.0. The largest absolute Gasteiger partial charge is 0.497 e. The topological polar surface area (TPSA) is 68.7 Å². The van der Waals surface area contributed by atoms with Gasteiger partial charge in [-0.1, -0.05) is 12.1 Å². The minimum absolute atomic E-state index is 0.106. The molecule has 21 heavy (non-hydrogen) atoms. The summed E-state index contributed by atoms with van der Waals surface area (Å²) in [5.74, 6) is -0.130. The molecule has 0 saturated heterocycles. The number of aromatic carboxylic acids is 1. The maximum absolute atomic E-state index is 11.3. The number of hydrogen-bond acceptors (Lipinski definition) is 4. The predicted octanol–water partition coefficient (Wildman–Crippen LogP) is 2.98. The first-order valence-corrected chi connectivity index (χ1v) is 6.48. The Morgan fingerprint density at radius 1 is 1.24 bits per heavy atom. The number of methoxy groups -OCH3 is 1. The minimum Gasteiger partial charge on any atom is -0.497 e. The van der Waals surface area contributed by atoms with Crippen molar-refractivity contribution in [3.05, 3.63) is 52.7 Å². The molecule has 0 aliphatic carbocycles. The lowest BCUT2D eigenvalue weighted by Gasteiger charge is -2.11. The molecule has 2 rings (SSSR count). The molecule has 0 saturated carbocycles. The van der Waals surface area contributed by atoms with Crippen LogP contribution in [0.5, 0.6) is 11.6 Å². The van der Waals surface area contributed by atoms with Gasteiger partial charge in [-0.15, -0.1) is 0 Å². The van der Waals surface area contributed by atoms with E-state index in [-0.39, 0.29) is 18.1 Å². The quantitative estimate of drug-likeness (QED) is 0.915. The Kier molecular flexibility index (Phi) is 4.42. The SMILES string of the molecule is COc1ccc(COc2nc(C)cc(C)c2C(=O)O)cc1. The summed E-state index contributed by atoms with van der Waals surface area (Å²) in [5, 5.41) is 9.27. The van der Waals surface area contributed by atoms with Gasteiger partial charge in [0.2, 0.25) is 5.88 Å². The molecule has 0 fully saturated rings. The van der Waals surface area contributed by atoms with Crippen LogP contribution in [0.1, 0.15) is 27.2 Å². The summed E-state index contributed by atoms with van der Waals surface area (Å²) in [4.78, 5) is 15.5. The molecule has 1 N–H and O–H groups in total. The number of rotatable bonds is 5. The third-order valence-electron chi connectivity index (χ3n) is 3.06. The summed E-state index contributed by atoms with van der Waals surface area (Å²) in [6.45, 7) is 3.79. The number of ether oxygens (including phenoxy) is 2. The second-order valence-corrected chi connectivity index (χ2v) is 4.70. The second kappa shape index (κ2) is 6.26. The van der Waals surface area contributed by atoms with Crippen LogP contribution < -0.4 is 9.47 Å². The van der Waals surface area contributed by atoms with Gasteiger partial charge in [0.1, 0.15) is 17.9 Å². The van der Waals surface area contributed by atoms with Gasteiger partial charge in [-0.3, -0.25) is 0 Å². The standard InChI is InChI=1S/C16H17NO4/c1-10-8-11(2)17-15(14(10)16(18)19)21-9-12-4-6-13(20-3)7-5-12/h4-8H,9H2,1-3H3,(H,18,19). The lowest BCUT2D eigenvalue weighted by Crippen LogP contribution is -2.08. The van der Waals surface area contributed by atoms with Gasteiger partial charge in [0.25, 0.3) is 0 Å². The number of carbonyl (C=O) groups is 1. The van der Waals surface area contributed by atoms with Crippen LogP contribution in [-0.4, -0.2) is 23.2 Å². The summed E-state index contributed by atoms with van der Waals surface area (Å²) in [6, 6.07) is 9.10. The van der Waals surface area contributed by atoms with E-state index in [0.717, 1.165) is 17.0 Å². The van der Waals surface area contributed by atoms with Crippen LogP contribution in [0.4, 0.5) is 0 Å². The molecule has 0 aliphatic rings. The molecule has 5 heteroatoms. The minimum atomic E-state index is -1.04. The van der Waals surface area contributed by atoms with Crippen molar-refractivity contribution in [1.29, 1.82) is 0 Å². The van der Waals surface area contributed by atoms with Gasteiger partial charge in [0.05, 0.1) is 7.11 Å². The molecule has 0 unspecified atom stereocenters. The Bertz CT molecular complexity index is 650. The number of benzene rings is 1. The highest BCUT2D eigenvalue weighted by molar-refractivity contribution is 5.91. The Labute approximate surface area is 123 Å². The molecule has 1 heterocycles. The smallest absolute Gasteiger partial charge is 0.341 e. The number of carboxylic acid groups (broad SMARTS) is 1. The van der Waals surface area contributed by atoms with Gasteiger partial charge >= 0.3 is 5.97 Å². The molecule has 1 aromatic carbocycles. The maximum Gasteiger partial charge on any atom is 0.341 e. The molecule has 0 atom stereocenters. The van der Waals surface area contributed by atoms with E-state index in [1.54, 1.807) is 27.0 Å². The van der Waals surface area contributed by atoms with Gasteiger partial charge in [0, 0.05) is 5.69 Å². The maximum atomic E-state index is 11.3. The molecular formula is C16H17NO4. The highest BCUT2D eigenvalue weighted by Crippen LogP contribution is 2.22. The lowest BCUT2D eigenvalue weighted by atomic mass is 10.1. The van der Waals surface area contributed by atoms with Crippen LogP contribution in [0.3, 0.4) is 0 Å². The Hall–Kier alpha value is -2.56. The number of carboxylic acids is 1. The Morgan fingerprint density at radius 2 is 1.90 bits per heavy atom. The first-order valence-electron chi connectivity index (χ1n) is 6.48. The lowest BCUT2D eigenvalue weighted by molar-refractivity contribution is 0.0689. The zero-order valence-electron chi connectivity index (χ0n) is 12.2. The van der Waals surface area contributed by atoms with Crippen molar-refractivity contribution in [2.45, 2.75) is 20.5 Å². The van der Waals surface area contributed by atoms with Crippen molar-refractivity contribution in [2.75, 3.05) is 7.11 Å². The molecule has 1 aromatic heterocycles. The zero-order chi connectivity index (χ0) is 15.4. The van der Waals surface area contributed by atoms with Gasteiger partial charge < -0.3 is 14.6 Å². The van der Waals surface area contributed by atoms with E-state index in [9.17, 15) is 9.90 Å². The highest BCUT2D eigenvalue weighted by atomic mass is 16.5.